The summed E-state index contributed by atoms with van der Waals surface area (Å²) in [6, 6.07) is 0. The summed E-state index contributed by atoms with van der Waals surface area (Å²) in [5.74, 6) is 0. The quantitative estimate of drug-likeness (QED) is 0.490. The van der Waals surface area contributed by atoms with Crippen LogP contribution < -0.4 is 0 Å². The van der Waals surface area contributed by atoms with Gasteiger partial charge in [-0.2, -0.15) is 0 Å². The summed E-state index contributed by atoms with van der Waals surface area (Å²) in [4.78, 5) is 0. The minimum Gasteiger partial charge on any atom is -0.375 e. The lowest BCUT2D eigenvalue weighted by Crippen LogP contribution is -2.24. The third kappa shape index (κ3) is 1.25. The first-order valence-electron chi connectivity index (χ1n) is 3.70. The number of ether oxygens (including phenoxy) is 2. The lowest BCUT2D eigenvalue weighted by molar-refractivity contribution is -0.000571. The van der Waals surface area contributed by atoms with Crippen LogP contribution in [0.5, 0.6) is 0 Å². The molecule has 2 aliphatic rings. The van der Waals surface area contributed by atoms with Crippen LogP contribution >= 0.6 is 0 Å². The van der Waals surface area contributed by atoms with Crippen molar-refractivity contribution in [2.24, 2.45) is 0 Å². The highest BCUT2D eigenvalue weighted by Gasteiger charge is 2.34. The minimum atomic E-state index is 0.443. The maximum atomic E-state index is 5.48. The van der Waals surface area contributed by atoms with Gasteiger partial charge in [0, 0.05) is 6.61 Å². The van der Waals surface area contributed by atoms with Gasteiger partial charge in [0.15, 0.2) is 0 Å². The Morgan fingerprint density at radius 3 is 2.44 bits per heavy atom. The first-order valence-corrected chi connectivity index (χ1v) is 3.70. The van der Waals surface area contributed by atoms with Gasteiger partial charge in [-0.15, -0.1) is 0 Å². The Morgan fingerprint density at radius 2 is 1.89 bits per heavy atom. The monoisotopic (exact) mass is 128 g/mol. The van der Waals surface area contributed by atoms with Crippen LogP contribution in [-0.2, 0) is 9.47 Å². The molecule has 2 heteroatoms. The van der Waals surface area contributed by atoms with Crippen LogP contribution in [0.3, 0.4) is 0 Å². The van der Waals surface area contributed by atoms with Gasteiger partial charge in [-0.05, 0) is 19.3 Å². The molecule has 2 saturated heterocycles. The molecule has 0 aliphatic carbocycles. The Kier molecular flexibility index (Phi) is 1.44. The van der Waals surface area contributed by atoms with E-state index in [9.17, 15) is 0 Å². The van der Waals surface area contributed by atoms with Crippen LogP contribution in [-0.4, -0.2) is 25.4 Å². The second-order valence-electron chi connectivity index (χ2n) is 2.78. The standard InChI is InChI=1S/C7H12O2/c1-2-4-8-6(3-1)7-5-9-7/h6-7H,1-5H2/t6?,7-/m0/s1. The Balaban J connectivity index is 1.80. The highest BCUT2D eigenvalue weighted by atomic mass is 16.6. The molecule has 2 rings (SSSR count). The van der Waals surface area contributed by atoms with Gasteiger partial charge in [0.1, 0.15) is 6.10 Å². The van der Waals surface area contributed by atoms with E-state index in [1.54, 1.807) is 0 Å². The number of hydrogen-bond acceptors (Lipinski definition) is 2. The summed E-state index contributed by atoms with van der Waals surface area (Å²) in [5.41, 5.74) is 0. The average molecular weight is 128 g/mol. The largest absolute Gasteiger partial charge is 0.375 e. The Morgan fingerprint density at radius 1 is 1.00 bits per heavy atom. The van der Waals surface area contributed by atoms with Gasteiger partial charge in [-0.3, -0.25) is 0 Å². The molecule has 2 fully saturated rings. The number of epoxide rings is 1. The van der Waals surface area contributed by atoms with Gasteiger partial charge in [0.05, 0.1) is 12.7 Å². The van der Waals surface area contributed by atoms with E-state index in [0.717, 1.165) is 13.2 Å². The predicted molar refractivity (Wildman–Crippen MR) is 33.3 cm³/mol. The summed E-state index contributed by atoms with van der Waals surface area (Å²) < 4.78 is 10.6. The van der Waals surface area contributed by atoms with E-state index in [2.05, 4.69) is 0 Å². The molecule has 0 radical (unpaired) electrons. The van der Waals surface area contributed by atoms with Crippen molar-refractivity contribution in [3.63, 3.8) is 0 Å². The Bertz CT molecular complexity index is 93.1. The van der Waals surface area contributed by atoms with Crippen LogP contribution in [0, 0.1) is 0 Å². The highest BCUT2D eigenvalue weighted by molar-refractivity contribution is 4.81. The van der Waals surface area contributed by atoms with Crippen molar-refractivity contribution in [3.8, 4) is 0 Å². The first-order chi connectivity index (χ1) is 4.47. The Labute approximate surface area is 55.1 Å². The van der Waals surface area contributed by atoms with Gasteiger partial charge < -0.3 is 9.47 Å². The van der Waals surface area contributed by atoms with Crippen LogP contribution in [0.2, 0.25) is 0 Å². The summed E-state index contributed by atoms with van der Waals surface area (Å²) in [5, 5.41) is 0. The minimum absolute atomic E-state index is 0.443. The van der Waals surface area contributed by atoms with E-state index in [4.69, 9.17) is 9.47 Å². The van der Waals surface area contributed by atoms with Crippen LogP contribution in [0.25, 0.3) is 0 Å². The molecule has 0 saturated carbocycles. The molecule has 1 unspecified atom stereocenters. The van der Waals surface area contributed by atoms with Crippen LogP contribution in [0.4, 0.5) is 0 Å². The van der Waals surface area contributed by atoms with E-state index in [-0.39, 0.29) is 0 Å². The fraction of sp³-hybridized carbons (Fsp3) is 1.00. The third-order valence-electron chi connectivity index (χ3n) is 1.99. The SMILES string of the molecule is C1CCC([C@@H]2CO2)OC1. The summed E-state index contributed by atoms with van der Waals surface area (Å²) >= 11 is 0. The van der Waals surface area contributed by atoms with E-state index >= 15 is 0 Å². The second kappa shape index (κ2) is 2.27. The van der Waals surface area contributed by atoms with Crippen molar-refractivity contribution in [1.82, 2.24) is 0 Å². The van der Waals surface area contributed by atoms with E-state index in [0.29, 0.717) is 12.2 Å². The highest BCUT2D eigenvalue weighted by Crippen LogP contribution is 2.24. The average Bonchev–Trinajstić information content (AvgIpc) is 2.71. The molecule has 0 spiro atoms. The molecule has 2 nitrogen and oxygen atoms in total. The zero-order valence-corrected chi connectivity index (χ0v) is 5.51. The molecule has 0 N–H and O–H groups in total. The van der Waals surface area contributed by atoms with Gasteiger partial charge in [0.2, 0.25) is 0 Å². The molecule has 2 heterocycles. The zero-order chi connectivity index (χ0) is 6.10. The van der Waals surface area contributed by atoms with Crippen molar-refractivity contribution in [2.75, 3.05) is 13.2 Å². The molecule has 2 atom stereocenters. The van der Waals surface area contributed by atoms with Crippen molar-refractivity contribution in [1.29, 1.82) is 0 Å². The smallest absolute Gasteiger partial charge is 0.107 e. The molecule has 52 valence electrons. The van der Waals surface area contributed by atoms with Gasteiger partial charge >= 0.3 is 0 Å². The first kappa shape index (κ1) is 5.69. The lowest BCUT2D eigenvalue weighted by atomic mass is 10.1. The number of hydrogen-bond donors (Lipinski definition) is 0. The van der Waals surface area contributed by atoms with Crippen molar-refractivity contribution in [2.45, 2.75) is 31.5 Å². The molecular weight excluding hydrogens is 116 g/mol. The van der Waals surface area contributed by atoms with Gasteiger partial charge in [-0.1, -0.05) is 0 Å². The van der Waals surface area contributed by atoms with E-state index in [1.807, 2.05) is 0 Å². The maximum absolute atomic E-state index is 5.48. The zero-order valence-electron chi connectivity index (χ0n) is 5.51. The topological polar surface area (TPSA) is 21.8 Å². The molecule has 0 amide bonds. The number of rotatable bonds is 1. The fourth-order valence-corrected chi connectivity index (χ4v) is 1.33. The summed E-state index contributed by atoms with van der Waals surface area (Å²) in [6.45, 7) is 1.88. The molecule has 0 aromatic rings. The molecule has 0 aromatic carbocycles. The van der Waals surface area contributed by atoms with E-state index in [1.165, 1.54) is 19.3 Å². The van der Waals surface area contributed by atoms with Crippen molar-refractivity contribution in [3.05, 3.63) is 0 Å². The third-order valence-corrected chi connectivity index (χ3v) is 1.99. The van der Waals surface area contributed by atoms with Crippen LogP contribution in [0.1, 0.15) is 19.3 Å². The maximum Gasteiger partial charge on any atom is 0.107 e. The summed E-state index contributed by atoms with van der Waals surface area (Å²) in [7, 11) is 0. The molecular formula is C7H12O2. The molecule has 9 heavy (non-hydrogen) atoms. The molecule has 2 aliphatic heterocycles. The summed E-state index contributed by atoms with van der Waals surface area (Å²) in [6.07, 6.45) is 4.68. The van der Waals surface area contributed by atoms with E-state index < -0.39 is 0 Å². The predicted octanol–water partition coefficient (Wildman–Crippen LogP) is 0.954. The lowest BCUT2D eigenvalue weighted by Gasteiger charge is -2.20. The molecule has 0 bridgehead atoms. The van der Waals surface area contributed by atoms with Gasteiger partial charge in [-0.25, -0.2) is 0 Å². The van der Waals surface area contributed by atoms with Crippen molar-refractivity contribution >= 4 is 0 Å². The van der Waals surface area contributed by atoms with Gasteiger partial charge in [0.25, 0.3) is 0 Å². The van der Waals surface area contributed by atoms with Crippen LogP contribution in [0.15, 0.2) is 0 Å². The normalized spacial score (nSPS) is 42.7. The molecule has 0 aromatic heterocycles. The second-order valence-corrected chi connectivity index (χ2v) is 2.78. The van der Waals surface area contributed by atoms with Crippen molar-refractivity contribution < 1.29 is 9.47 Å². The Hall–Kier alpha value is -0.0800. The fourth-order valence-electron chi connectivity index (χ4n) is 1.33.